The zero-order valence-electron chi connectivity index (χ0n) is 17.2. The van der Waals surface area contributed by atoms with Crippen LogP contribution in [-0.4, -0.2) is 41.2 Å². The van der Waals surface area contributed by atoms with E-state index < -0.39 is 36.9 Å². The molecule has 1 N–H and O–H groups in total. The molecule has 0 aliphatic heterocycles. The standard InChI is InChI=1S/C22H22F4N2O4/c1-2-17(29)13-30-12-14-3-5-15(6-4-14)20-27-21(32-28-20)16-7-8-19(31-10-9-23)18(11-16)22(24,25)26/h3-8,11,17,29H,2,9-10,12-13H2,1H3. The predicted octanol–water partition coefficient (Wildman–Crippen LogP) is 5.06. The van der Waals surface area contributed by atoms with Crippen LogP contribution in [0.25, 0.3) is 22.8 Å². The summed E-state index contributed by atoms with van der Waals surface area (Å²) in [7, 11) is 0. The first kappa shape index (κ1) is 23.7. The maximum absolute atomic E-state index is 13.4. The van der Waals surface area contributed by atoms with Gasteiger partial charge >= 0.3 is 6.18 Å². The SMILES string of the molecule is CCC(O)COCc1ccc(-c2noc(-c3ccc(OCCF)c(C(F)(F)F)c3)n2)cc1. The van der Waals surface area contributed by atoms with Gasteiger partial charge in [0, 0.05) is 11.1 Å². The molecular weight excluding hydrogens is 432 g/mol. The van der Waals surface area contributed by atoms with Crippen LogP contribution in [0, 0.1) is 0 Å². The summed E-state index contributed by atoms with van der Waals surface area (Å²) < 4.78 is 67.8. The fourth-order valence-electron chi connectivity index (χ4n) is 2.80. The second kappa shape index (κ2) is 10.6. The number of aliphatic hydroxyl groups excluding tert-OH is 1. The second-order valence-electron chi connectivity index (χ2n) is 6.94. The monoisotopic (exact) mass is 454 g/mol. The van der Waals surface area contributed by atoms with Crippen molar-refractivity contribution in [2.75, 3.05) is 19.9 Å². The van der Waals surface area contributed by atoms with Crippen molar-refractivity contribution in [3.63, 3.8) is 0 Å². The van der Waals surface area contributed by atoms with E-state index in [4.69, 9.17) is 14.0 Å². The number of benzene rings is 2. The maximum Gasteiger partial charge on any atom is 0.419 e. The first-order chi connectivity index (χ1) is 15.3. The van der Waals surface area contributed by atoms with E-state index in [1.165, 1.54) is 6.07 Å². The van der Waals surface area contributed by atoms with E-state index in [2.05, 4.69) is 10.1 Å². The fourth-order valence-corrected chi connectivity index (χ4v) is 2.80. The molecule has 1 atom stereocenters. The Balaban J connectivity index is 1.75. The van der Waals surface area contributed by atoms with Gasteiger partial charge in [0.25, 0.3) is 5.89 Å². The van der Waals surface area contributed by atoms with Crippen molar-refractivity contribution >= 4 is 0 Å². The molecule has 6 nitrogen and oxygen atoms in total. The highest BCUT2D eigenvalue weighted by Crippen LogP contribution is 2.38. The first-order valence-corrected chi connectivity index (χ1v) is 9.91. The van der Waals surface area contributed by atoms with Gasteiger partial charge in [-0.05, 0) is 30.2 Å². The van der Waals surface area contributed by atoms with Gasteiger partial charge in [-0.1, -0.05) is 36.3 Å². The van der Waals surface area contributed by atoms with Gasteiger partial charge in [-0.3, -0.25) is 0 Å². The van der Waals surface area contributed by atoms with Crippen LogP contribution >= 0.6 is 0 Å². The van der Waals surface area contributed by atoms with Gasteiger partial charge in [0.2, 0.25) is 5.82 Å². The predicted molar refractivity (Wildman–Crippen MR) is 108 cm³/mol. The van der Waals surface area contributed by atoms with E-state index in [0.29, 0.717) is 18.6 Å². The maximum atomic E-state index is 13.4. The molecule has 0 aliphatic carbocycles. The topological polar surface area (TPSA) is 77.6 Å². The van der Waals surface area contributed by atoms with Gasteiger partial charge in [-0.25, -0.2) is 4.39 Å². The zero-order chi connectivity index (χ0) is 23.1. The number of hydrogen-bond acceptors (Lipinski definition) is 6. The summed E-state index contributed by atoms with van der Waals surface area (Å²) in [5.74, 6) is -0.355. The lowest BCUT2D eigenvalue weighted by molar-refractivity contribution is -0.138. The molecule has 10 heteroatoms. The molecule has 0 saturated carbocycles. The summed E-state index contributed by atoms with van der Waals surface area (Å²) in [5, 5.41) is 13.3. The molecule has 0 spiro atoms. The van der Waals surface area contributed by atoms with Crippen molar-refractivity contribution in [2.45, 2.75) is 32.2 Å². The van der Waals surface area contributed by atoms with E-state index in [1.54, 1.807) is 24.3 Å². The smallest absolute Gasteiger partial charge is 0.419 e. The van der Waals surface area contributed by atoms with Crippen LogP contribution in [-0.2, 0) is 17.5 Å². The Morgan fingerprint density at radius 2 is 1.81 bits per heavy atom. The van der Waals surface area contributed by atoms with Crippen LogP contribution in [0.15, 0.2) is 47.0 Å². The van der Waals surface area contributed by atoms with Crippen molar-refractivity contribution in [1.29, 1.82) is 0 Å². The molecule has 1 heterocycles. The Labute approximate surface area is 181 Å². The third-order valence-electron chi connectivity index (χ3n) is 4.56. The third-order valence-corrected chi connectivity index (χ3v) is 4.56. The Morgan fingerprint density at radius 1 is 1.09 bits per heavy atom. The normalized spacial score (nSPS) is 12.7. The molecule has 1 aromatic heterocycles. The number of rotatable bonds is 10. The highest BCUT2D eigenvalue weighted by Gasteiger charge is 2.35. The zero-order valence-corrected chi connectivity index (χ0v) is 17.2. The van der Waals surface area contributed by atoms with Crippen LogP contribution in [0.2, 0.25) is 0 Å². The Kier molecular flexibility index (Phi) is 7.81. The second-order valence-corrected chi connectivity index (χ2v) is 6.94. The van der Waals surface area contributed by atoms with Gasteiger partial charge in [-0.2, -0.15) is 18.2 Å². The van der Waals surface area contributed by atoms with E-state index >= 15 is 0 Å². The first-order valence-electron chi connectivity index (χ1n) is 9.91. The summed E-state index contributed by atoms with van der Waals surface area (Å²) >= 11 is 0. The van der Waals surface area contributed by atoms with E-state index in [9.17, 15) is 22.7 Å². The van der Waals surface area contributed by atoms with Crippen molar-refractivity contribution < 1.29 is 36.7 Å². The lowest BCUT2D eigenvalue weighted by Gasteiger charge is -2.13. The number of alkyl halides is 4. The Bertz CT molecular complexity index is 1010. The van der Waals surface area contributed by atoms with E-state index in [0.717, 1.165) is 17.7 Å². The molecule has 3 aromatic rings. The molecule has 0 radical (unpaired) electrons. The minimum Gasteiger partial charge on any atom is -0.490 e. The lowest BCUT2D eigenvalue weighted by atomic mass is 10.1. The van der Waals surface area contributed by atoms with Crippen LogP contribution in [0.5, 0.6) is 5.75 Å². The number of halogens is 4. The molecule has 2 aromatic carbocycles. The van der Waals surface area contributed by atoms with Gasteiger partial charge in [0.1, 0.15) is 19.0 Å². The molecule has 0 amide bonds. The summed E-state index contributed by atoms with van der Waals surface area (Å²) in [6, 6.07) is 10.3. The third kappa shape index (κ3) is 6.04. The molecule has 0 saturated heterocycles. The van der Waals surface area contributed by atoms with Crippen molar-refractivity contribution in [2.24, 2.45) is 0 Å². The number of nitrogens with zero attached hydrogens (tertiary/aromatic N) is 2. The minimum absolute atomic E-state index is 0.0585. The molecule has 32 heavy (non-hydrogen) atoms. The average Bonchev–Trinajstić information content (AvgIpc) is 3.27. The highest BCUT2D eigenvalue weighted by atomic mass is 19.4. The van der Waals surface area contributed by atoms with Gasteiger partial charge in [0.15, 0.2) is 0 Å². The lowest BCUT2D eigenvalue weighted by Crippen LogP contribution is -2.13. The van der Waals surface area contributed by atoms with Gasteiger partial charge in [0.05, 0.1) is 24.9 Å². The minimum atomic E-state index is -4.70. The number of aliphatic hydroxyl groups is 1. The summed E-state index contributed by atoms with van der Waals surface area (Å²) in [6.45, 7) is 1.04. The Morgan fingerprint density at radius 3 is 2.47 bits per heavy atom. The largest absolute Gasteiger partial charge is 0.490 e. The molecule has 0 aliphatic rings. The van der Waals surface area contributed by atoms with E-state index in [1.807, 2.05) is 6.92 Å². The quantitative estimate of drug-likeness (QED) is 0.432. The molecular formula is C22H22F4N2O4. The van der Waals surface area contributed by atoms with E-state index in [-0.39, 0.29) is 23.9 Å². The summed E-state index contributed by atoms with van der Waals surface area (Å²) in [6.07, 6.45) is -4.60. The number of ether oxygens (including phenoxy) is 2. The summed E-state index contributed by atoms with van der Waals surface area (Å²) in [5.41, 5.74) is 0.486. The van der Waals surface area contributed by atoms with Crippen molar-refractivity contribution in [3.8, 4) is 28.6 Å². The highest BCUT2D eigenvalue weighted by molar-refractivity contribution is 5.62. The molecule has 0 bridgehead atoms. The van der Waals surface area contributed by atoms with Crippen LogP contribution < -0.4 is 4.74 Å². The van der Waals surface area contributed by atoms with Gasteiger partial charge in [-0.15, -0.1) is 0 Å². The molecule has 0 fully saturated rings. The summed E-state index contributed by atoms with van der Waals surface area (Å²) in [4.78, 5) is 4.18. The van der Waals surface area contributed by atoms with Crippen LogP contribution in [0.4, 0.5) is 17.6 Å². The number of hydrogen-bond donors (Lipinski definition) is 1. The fraction of sp³-hybridized carbons (Fsp3) is 0.364. The number of aromatic nitrogens is 2. The van der Waals surface area contributed by atoms with Crippen molar-refractivity contribution in [3.05, 3.63) is 53.6 Å². The van der Waals surface area contributed by atoms with Gasteiger partial charge < -0.3 is 19.1 Å². The average molecular weight is 454 g/mol. The van der Waals surface area contributed by atoms with Crippen molar-refractivity contribution in [1.82, 2.24) is 10.1 Å². The Hall–Kier alpha value is -2.98. The molecule has 1 unspecified atom stereocenters. The van der Waals surface area contributed by atoms with Crippen LogP contribution in [0.1, 0.15) is 24.5 Å². The molecule has 172 valence electrons. The van der Waals surface area contributed by atoms with Crippen LogP contribution in [0.3, 0.4) is 0 Å². The molecule has 3 rings (SSSR count).